The lowest BCUT2D eigenvalue weighted by Gasteiger charge is -2.36. The molecule has 30 heavy (non-hydrogen) atoms. The zero-order valence-electron chi connectivity index (χ0n) is 20.1. The van der Waals surface area contributed by atoms with E-state index in [2.05, 4.69) is 39.7 Å². The van der Waals surface area contributed by atoms with Crippen molar-refractivity contribution in [2.45, 2.75) is 72.1 Å². The zero-order valence-corrected chi connectivity index (χ0v) is 22.5. The highest BCUT2D eigenvalue weighted by molar-refractivity contribution is 14.0. The molecule has 1 rings (SSSR count). The van der Waals surface area contributed by atoms with E-state index in [-0.39, 0.29) is 24.0 Å². The number of nitrogens with zero attached hydrogens (tertiary/aromatic N) is 2. The second-order valence-corrected chi connectivity index (χ2v) is 9.75. The minimum absolute atomic E-state index is 0. The number of rotatable bonds is 8. The molecule has 0 bridgehead atoms. The van der Waals surface area contributed by atoms with Crippen molar-refractivity contribution in [2.24, 2.45) is 10.9 Å². The van der Waals surface area contributed by atoms with Gasteiger partial charge >= 0.3 is 6.09 Å². The summed E-state index contributed by atoms with van der Waals surface area (Å²) in [4.78, 5) is 18.9. The van der Waals surface area contributed by atoms with Gasteiger partial charge in [-0.25, -0.2) is 4.79 Å². The van der Waals surface area contributed by atoms with E-state index in [1.165, 1.54) is 0 Å². The van der Waals surface area contributed by atoms with E-state index in [1.54, 1.807) is 7.05 Å². The molecule has 0 aromatic carbocycles. The van der Waals surface area contributed by atoms with Gasteiger partial charge in [0, 0.05) is 39.3 Å². The Labute approximate surface area is 200 Å². The molecule has 1 aliphatic heterocycles. The van der Waals surface area contributed by atoms with E-state index in [0.717, 1.165) is 45.2 Å². The van der Waals surface area contributed by atoms with Gasteiger partial charge in [-0.3, -0.25) is 9.89 Å². The van der Waals surface area contributed by atoms with Crippen LogP contribution in [0, 0.1) is 5.92 Å². The smallest absolute Gasteiger partial charge is 0.408 e. The van der Waals surface area contributed by atoms with Gasteiger partial charge in [-0.2, -0.15) is 0 Å². The molecule has 1 heterocycles. The average molecular weight is 542 g/mol. The Morgan fingerprint density at radius 1 is 1.13 bits per heavy atom. The first-order valence-electron chi connectivity index (χ1n) is 10.7. The molecule has 0 aromatic rings. The van der Waals surface area contributed by atoms with Crippen LogP contribution in [0.1, 0.15) is 54.9 Å². The standard InChI is InChI=1S/C21H43N5O3.HI/c1-16(2)13-17(26-9-11-28-12-10-26)14-23-18(22-8)24-15-21(6,7)25-19(27)29-20(3,4)5;/h16-17H,9-15H2,1-8H3,(H,25,27)(H2,22,23,24);1H. The molecule has 0 aromatic heterocycles. The van der Waals surface area contributed by atoms with Crippen molar-refractivity contribution in [3.63, 3.8) is 0 Å². The van der Waals surface area contributed by atoms with E-state index in [9.17, 15) is 4.79 Å². The highest BCUT2D eigenvalue weighted by Crippen LogP contribution is 2.13. The minimum atomic E-state index is -0.518. The van der Waals surface area contributed by atoms with E-state index >= 15 is 0 Å². The van der Waals surface area contributed by atoms with E-state index < -0.39 is 17.2 Å². The number of alkyl carbamates (subject to hydrolysis) is 1. The van der Waals surface area contributed by atoms with Crippen LogP contribution in [0.4, 0.5) is 4.79 Å². The van der Waals surface area contributed by atoms with Gasteiger partial charge in [0.05, 0.1) is 18.8 Å². The fourth-order valence-corrected chi connectivity index (χ4v) is 3.21. The average Bonchev–Trinajstić information content (AvgIpc) is 2.59. The summed E-state index contributed by atoms with van der Waals surface area (Å²) in [5.41, 5.74) is -1.00. The van der Waals surface area contributed by atoms with Crippen LogP contribution in [0.15, 0.2) is 4.99 Å². The molecule has 0 aliphatic carbocycles. The van der Waals surface area contributed by atoms with E-state index in [4.69, 9.17) is 9.47 Å². The molecule has 3 N–H and O–H groups in total. The molecule has 0 saturated carbocycles. The second kappa shape index (κ2) is 13.6. The lowest BCUT2D eigenvalue weighted by atomic mass is 10.0. The topological polar surface area (TPSA) is 87.2 Å². The molecule has 178 valence electrons. The van der Waals surface area contributed by atoms with Crippen molar-refractivity contribution >= 4 is 36.0 Å². The van der Waals surface area contributed by atoms with Gasteiger partial charge in [-0.15, -0.1) is 24.0 Å². The number of nitrogens with one attached hydrogen (secondary N) is 3. The van der Waals surface area contributed by atoms with Crippen LogP contribution in [-0.2, 0) is 9.47 Å². The maximum atomic E-state index is 12.1. The van der Waals surface area contributed by atoms with Crippen LogP contribution in [0.25, 0.3) is 0 Å². The number of guanidine groups is 1. The van der Waals surface area contributed by atoms with Crippen molar-refractivity contribution < 1.29 is 14.3 Å². The summed E-state index contributed by atoms with van der Waals surface area (Å²) in [6, 6.07) is 0.436. The number of carbonyl (C=O) groups excluding carboxylic acids is 1. The third kappa shape index (κ3) is 12.8. The Hall–Kier alpha value is -0.810. The van der Waals surface area contributed by atoms with Crippen molar-refractivity contribution in [2.75, 3.05) is 46.4 Å². The summed E-state index contributed by atoms with van der Waals surface area (Å²) >= 11 is 0. The number of ether oxygens (including phenoxy) is 2. The number of hydrogen-bond acceptors (Lipinski definition) is 5. The molecule has 1 unspecified atom stereocenters. The zero-order chi connectivity index (χ0) is 22.1. The monoisotopic (exact) mass is 541 g/mol. The van der Waals surface area contributed by atoms with Crippen LogP contribution in [0.5, 0.6) is 0 Å². The first kappa shape index (κ1) is 29.2. The Balaban J connectivity index is 0.00000841. The molecule has 1 aliphatic rings. The summed E-state index contributed by atoms with van der Waals surface area (Å²) in [6.07, 6.45) is 0.701. The summed E-state index contributed by atoms with van der Waals surface area (Å²) in [6.45, 7) is 18.9. The SMILES string of the molecule is CN=C(NCC(CC(C)C)N1CCOCC1)NCC(C)(C)NC(=O)OC(C)(C)C.I. The molecular formula is C21H44IN5O3. The van der Waals surface area contributed by atoms with Crippen LogP contribution < -0.4 is 16.0 Å². The van der Waals surface area contributed by atoms with Crippen molar-refractivity contribution in [1.82, 2.24) is 20.9 Å². The Bertz CT molecular complexity index is 529. The largest absolute Gasteiger partial charge is 0.444 e. The second-order valence-electron chi connectivity index (χ2n) is 9.75. The Morgan fingerprint density at radius 3 is 2.23 bits per heavy atom. The van der Waals surface area contributed by atoms with E-state index in [0.29, 0.717) is 18.5 Å². The van der Waals surface area contributed by atoms with Gasteiger partial charge in [-0.05, 0) is 47.0 Å². The lowest BCUT2D eigenvalue weighted by Crippen LogP contribution is -2.55. The third-order valence-corrected chi connectivity index (χ3v) is 4.57. The van der Waals surface area contributed by atoms with Gasteiger partial charge in [0.15, 0.2) is 5.96 Å². The van der Waals surface area contributed by atoms with Crippen LogP contribution in [-0.4, -0.2) is 80.6 Å². The predicted molar refractivity (Wildman–Crippen MR) is 134 cm³/mol. The number of hydrogen-bond donors (Lipinski definition) is 3. The van der Waals surface area contributed by atoms with Gasteiger partial charge in [0.1, 0.15) is 5.60 Å². The summed E-state index contributed by atoms with van der Waals surface area (Å²) in [5.74, 6) is 1.35. The molecule has 9 heteroatoms. The first-order valence-corrected chi connectivity index (χ1v) is 10.7. The molecule has 0 radical (unpaired) electrons. The lowest BCUT2D eigenvalue weighted by molar-refractivity contribution is 0.0132. The van der Waals surface area contributed by atoms with Crippen molar-refractivity contribution in [3.05, 3.63) is 0 Å². The van der Waals surface area contributed by atoms with E-state index in [1.807, 2.05) is 34.6 Å². The minimum Gasteiger partial charge on any atom is -0.444 e. The van der Waals surface area contributed by atoms with Crippen molar-refractivity contribution in [1.29, 1.82) is 0 Å². The molecule has 1 fully saturated rings. The molecule has 0 spiro atoms. The third-order valence-electron chi connectivity index (χ3n) is 4.57. The fourth-order valence-electron chi connectivity index (χ4n) is 3.21. The molecule has 8 nitrogen and oxygen atoms in total. The summed E-state index contributed by atoms with van der Waals surface area (Å²) in [7, 11) is 1.76. The van der Waals surface area contributed by atoms with Crippen LogP contribution in [0.2, 0.25) is 0 Å². The van der Waals surface area contributed by atoms with Crippen LogP contribution in [0.3, 0.4) is 0 Å². The number of halogens is 1. The molecule has 1 atom stereocenters. The van der Waals surface area contributed by atoms with Gasteiger partial charge in [-0.1, -0.05) is 13.8 Å². The Kier molecular flexibility index (Phi) is 13.2. The number of amides is 1. The Morgan fingerprint density at radius 2 is 1.73 bits per heavy atom. The quantitative estimate of drug-likeness (QED) is 0.249. The first-order chi connectivity index (χ1) is 13.4. The highest BCUT2D eigenvalue weighted by atomic mass is 127. The summed E-state index contributed by atoms with van der Waals surface area (Å²) in [5, 5.41) is 9.67. The van der Waals surface area contributed by atoms with Crippen LogP contribution >= 0.6 is 24.0 Å². The predicted octanol–water partition coefficient (Wildman–Crippen LogP) is 2.82. The molecule has 1 saturated heterocycles. The number of morpholine rings is 1. The normalized spacial score (nSPS) is 17.2. The summed E-state index contributed by atoms with van der Waals surface area (Å²) < 4.78 is 10.8. The maximum Gasteiger partial charge on any atom is 0.408 e. The van der Waals surface area contributed by atoms with Gasteiger partial charge in [0.25, 0.3) is 0 Å². The van der Waals surface area contributed by atoms with Crippen molar-refractivity contribution in [3.8, 4) is 0 Å². The number of aliphatic imine (C=N–C) groups is 1. The fraction of sp³-hybridized carbons (Fsp3) is 0.905. The van der Waals surface area contributed by atoms with Gasteiger partial charge in [0.2, 0.25) is 0 Å². The number of carbonyl (C=O) groups is 1. The maximum absolute atomic E-state index is 12.1. The van der Waals surface area contributed by atoms with Gasteiger partial charge < -0.3 is 25.4 Å². The highest BCUT2D eigenvalue weighted by Gasteiger charge is 2.25. The molecule has 1 amide bonds. The molecular weight excluding hydrogens is 497 g/mol.